The minimum absolute atomic E-state index is 0.121. The van der Waals surface area contributed by atoms with Crippen LogP contribution in [0.25, 0.3) is 6.08 Å². The molecule has 2 amide bonds. The van der Waals surface area contributed by atoms with Gasteiger partial charge in [-0.1, -0.05) is 69.0 Å². The van der Waals surface area contributed by atoms with Crippen LogP contribution in [0.3, 0.4) is 0 Å². The Bertz CT molecular complexity index is 1410. The van der Waals surface area contributed by atoms with E-state index in [9.17, 15) is 24.0 Å². The molecule has 234 valence electrons. The summed E-state index contributed by atoms with van der Waals surface area (Å²) in [6.45, 7) is 14.6. The van der Waals surface area contributed by atoms with Crippen molar-refractivity contribution in [2.24, 2.45) is 11.8 Å². The van der Waals surface area contributed by atoms with Crippen molar-refractivity contribution in [1.29, 1.82) is 0 Å². The molecule has 1 saturated heterocycles. The molecule has 3 rings (SSSR count). The van der Waals surface area contributed by atoms with E-state index in [2.05, 4.69) is 22.5 Å². The number of aryl methyl sites for hydroxylation is 2. The minimum atomic E-state index is -0.811. The molecule has 1 aliphatic rings. The van der Waals surface area contributed by atoms with Gasteiger partial charge in [-0.05, 0) is 68.7 Å². The smallest absolute Gasteiger partial charge is 0.247 e. The Hall–Kier alpha value is -4.33. The zero-order valence-corrected chi connectivity index (χ0v) is 26.5. The third-order valence-corrected chi connectivity index (χ3v) is 8.01. The molecule has 3 N–H and O–H groups in total. The molecule has 0 saturated carbocycles. The summed E-state index contributed by atoms with van der Waals surface area (Å²) in [7, 11) is 0. The molecular formula is C36H45N3O5. The van der Waals surface area contributed by atoms with E-state index in [1.165, 1.54) is 0 Å². The fourth-order valence-corrected chi connectivity index (χ4v) is 5.39. The molecule has 2 unspecified atom stereocenters. The molecule has 0 radical (unpaired) electrons. The predicted octanol–water partition coefficient (Wildman–Crippen LogP) is 5.04. The standard InChI is InChI=1S/C36H45N3O5/c1-22(2)19-30(39-35(43)25(5)20-29-23(3)11-10-12-24(29)4)26(6)38-31(21-28-17-18-37-36(28)44)32(40)15-16-33(41)34(42)27-13-8-7-9-14-27/h7-14,20,22,28,30-31,38H,6,15-19,21H2,1-5H3,(H,37,44)(H,39,43)/b25-20+/t28?,30-,31?/m0/s1. The first-order valence-corrected chi connectivity index (χ1v) is 15.3. The SMILES string of the molecule is C=C(NC(CC1CCNC1=O)C(=O)CCC(=O)C(=O)c1ccccc1)[C@H](CC(C)C)NC(=O)/C(C)=C/c1c(C)cccc1C. The topological polar surface area (TPSA) is 121 Å². The molecule has 44 heavy (non-hydrogen) atoms. The maximum atomic E-state index is 13.5. The molecule has 0 aliphatic carbocycles. The molecule has 1 fully saturated rings. The highest BCUT2D eigenvalue weighted by atomic mass is 16.2. The molecule has 0 bridgehead atoms. The molecule has 1 aliphatic heterocycles. The van der Waals surface area contributed by atoms with E-state index < -0.39 is 23.7 Å². The Morgan fingerprint density at radius 3 is 2.20 bits per heavy atom. The van der Waals surface area contributed by atoms with Crippen LogP contribution in [-0.2, 0) is 19.2 Å². The highest BCUT2D eigenvalue weighted by Crippen LogP contribution is 2.21. The summed E-state index contributed by atoms with van der Waals surface area (Å²) >= 11 is 0. The lowest BCUT2D eigenvalue weighted by atomic mass is 9.92. The lowest BCUT2D eigenvalue weighted by molar-refractivity contribution is -0.125. The molecule has 0 spiro atoms. The lowest BCUT2D eigenvalue weighted by Gasteiger charge is -2.28. The van der Waals surface area contributed by atoms with Gasteiger partial charge in [-0.3, -0.25) is 24.0 Å². The first-order chi connectivity index (χ1) is 20.9. The van der Waals surface area contributed by atoms with Crippen molar-refractivity contribution in [2.45, 2.75) is 78.8 Å². The summed E-state index contributed by atoms with van der Waals surface area (Å²) in [5.74, 6) is -2.09. The fraction of sp³-hybridized carbons (Fsp3) is 0.417. The summed E-state index contributed by atoms with van der Waals surface area (Å²) in [5.41, 5.74) is 4.42. The van der Waals surface area contributed by atoms with Crippen LogP contribution in [0.4, 0.5) is 0 Å². The number of carbonyl (C=O) groups excluding carboxylic acids is 5. The summed E-state index contributed by atoms with van der Waals surface area (Å²) in [5, 5.41) is 9.09. The number of Topliss-reactive ketones (excluding diaryl/α,β-unsaturated/α-hetero) is 3. The van der Waals surface area contributed by atoms with E-state index in [0.29, 0.717) is 30.7 Å². The Morgan fingerprint density at radius 2 is 1.61 bits per heavy atom. The average molecular weight is 600 g/mol. The van der Waals surface area contributed by atoms with Gasteiger partial charge in [0.2, 0.25) is 23.4 Å². The van der Waals surface area contributed by atoms with Gasteiger partial charge in [-0.25, -0.2) is 0 Å². The van der Waals surface area contributed by atoms with Crippen molar-refractivity contribution in [2.75, 3.05) is 6.54 Å². The number of rotatable bonds is 16. The zero-order chi connectivity index (χ0) is 32.4. The second kappa shape index (κ2) is 15.9. The van der Waals surface area contributed by atoms with Crippen molar-refractivity contribution in [3.05, 3.63) is 88.6 Å². The van der Waals surface area contributed by atoms with Crippen LogP contribution in [0.5, 0.6) is 0 Å². The third kappa shape index (κ3) is 9.59. The van der Waals surface area contributed by atoms with Crippen LogP contribution in [-0.4, -0.2) is 47.8 Å². The molecular weight excluding hydrogens is 554 g/mol. The van der Waals surface area contributed by atoms with E-state index in [-0.39, 0.29) is 54.3 Å². The van der Waals surface area contributed by atoms with Gasteiger partial charge in [-0.15, -0.1) is 0 Å². The second-order valence-corrected chi connectivity index (χ2v) is 12.1. The monoisotopic (exact) mass is 599 g/mol. The predicted molar refractivity (Wildman–Crippen MR) is 173 cm³/mol. The Morgan fingerprint density at radius 1 is 0.955 bits per heavy atom. The summed E-state index contributed by atoms with van der Waals surface area (Å²) in [6.07, 6.45) is 2.87. The van der Waals surface area contributed by atoms with Gasteiger partial charge >= 0.3 is 0 Å². The lowest BCUT2D eigenvalue weighted by Crippen LogP contribution is -2.46. The molecule has 8 heteroatoms. The zero-order valence-electron chi connectivity index (χ0n) is 26.5. The first-order valence-electron chi connectivity index (χ1n) is 15.3. The number of hydrogen-bond acceptors (Lipinski definition) is 6. The number of nitrogens with one attached hydrogen (secondary N) is 3. The van der Waals surface area contributed by atoms with Gasteiger partial charge in [0.05, 0.1) is 12.1 Å². The summed E-state index contributed by atoms with van der Waals surface area (Å²) in [6, 6.07) is 12.9. The molecule has 0 aromatic heterocycles. The van der Waals surface area contributed by atoms with Gasteiger partial charge in [-0.2, -0.15) is 0 Å². The largest absolute Gasteiger partial charge is 0.377 e. The number of carbonyl (C=O) groups is 5. The third-order valence-electron chi connectivity index (χ3n) is 8.01. The summed E-state index contributed by atoms with van der Waals surface area (Å²) in [4.78, 5) is 64.4. The van der Waals surface area contributed by atoms with Gasteiger partial charge in [0.25, 0.3) is 0 Å². The Labute approximate surface area is 260 Å². The highest BCUT2D eigenvalue weighted by molar-refractivity contribution is 6.43. The van der Waals surface area contributed by atoms with Gasteiger partial charge in [0, 0.05) is 42.1 Å². The van der Waals surface area contributed by atoms with Crippen LogP contribution in [0.1, 0.15) is 79.9 Å². The van der Waals surface area contributed by atoms with Gasteiger partial charge < -0.3 is 16.0 Å². The molecule has 2 aromatic rings. The van der Waals surface area contributed by atoms with Crippen molar-refractivity contribution in [1.82, 2.24) is 16.0 Å². The van der Waals surface area contributed by atoms with Crippen molar-refractivity contribution in [3.63, 3.8) is 0 Å². The minimum Gasteiger partial charge on any atom is -0.377 e. The van der Waals surface area contributed by atoms with Gasteiger partial charge in [0.1, 0.15) is 0 Å². The normalized spacial score (nSPS) is 16.2. The van der Waals surface area contributed by atoms with Crippen LogP contribution < -0.4 is 16.0 Å². The van der Waals surface area contributed by atoms with Crippen LogP contribution in [0, 0.1) is 25.7 Å². The van der Waals surface area contributed by atoms with E-state index in [0.717, 1.165) is 16.7 Å². The second-order valence-electron chi connectivity index (χ2n) is 12.1. The van der Waals surface area contributed by atoms with E-state index in [1.807, 2.05) is 52.0 Å². The molecule has 2 aromatic carbocycles. The van der Waals surface area contributed by atoms with Crippen molar-refractivity contribution >= 4 is 35.2 Å². The Kier molecular flexibility index (Phi) is 12.4. The highest BCUT2D eigenvalue weighted by Gasteiger charge is 2.32. The quantitative estimate of drug-likeness (QED) is 0.141. The molecule has 3 atom stereocenters. The number of amides is 2. The van der Waals surface area contributed by atoms with E-state index in [1.54, 1.807) is 37.3 Å². The summed E-state index contributed by atoms with van der Waals surface area (Å²) < 4.78 is 0. The van der Waals surface area contributed by atoms with Crippen LogP contribution in [0.2, 0.25) is 0 Å². The molecule has 1 heterocycles. The molecule has 8 nitrogen and oxygen atoms in total. The van der Waals surface area contributed by atoms with Crippen LogP contribution >= 0.6 is 0 Å². The Balaban J connectivity index is 1.74. The van der Waals surface area contributed by atoms with Gasteiger partial charge in [0.15, 0.2) is 5.78 Å². The number of benzene rings is 2. The average Bonchev–Trinajstić information content (AvgIpc) is 3.40. The van der Waals surface area contributed by atoms with E-state index in [4.69, 9.17) is 0 Å². The van der Waals surface area contributed by atoms with Crippen molar-refractivity contribution < 1.29 is 24.0 Å². The number of hydrogen-bond donors (Lipinski definition) is 3. The van der Waals surface area contributed by atoms with Crippen LogP contribution in [0.15, 0.2) is 66.4 Å². The number of ketones is 3. The van der Waals surface area contributed by atoms with Crippen molar-refractivity contribution in [3.8, 4) is 0 Å². The maximum absolute atomic E-state index is 13.5. The first kappa shape index (κ1) is 34.2. The fourth-order valence-electron chi connectivity index (χ4n) is 5.39. The maximum Gasteiger partial charge on any atom is 0.247 e. The van der Waals surface area contributed by atoms with E-state index >= 15 is 0 Å².